The molecule has 6 nitrogen and oxygen atoms in total. The Bertz CT molecular complexity index is 484. The van der Waals surface area contributed by atoms with Crippen LogP contribution in [0.3, 0.4) is 0 Å². The number of carbonyl (C=O) groups is 2. The second-order valence-electron chi connectivity index (χ2n) is 5.36. The zero-order chi connectivity index (χ0) is 15.2. The Labute approximate surface area is 124 Å². The maximum absolute atomic E-state index is 12.1. The number of rotatable bonds is 5. The van der Waals surface area contributed by atoms with Crippen molar-refractivity contribution in [1.82, 2.24) is 9.80 Å². The Balaban J connectivity index is 1.80. The van der Waals surface area contributed by atoms with Crippen LogP contribution < -0.4 is 11.5 Å². The highest BCUT2D eigenvalue weighted by molar-refractivity contribution is 5.87. The molecule has 0 radical (unpaired) electrons. The fraction of sp³-hybridized carbons (Fsp3) is 0.467. The fourth-order valence-electron chi connectivity index (χ4n) is 2.51. The van der Waals surface area contributed by atoms with E-state index in [-0.39, 0.29) is 12.3 Å². The second-order valence-corrected chi connectivity index (χ2v) is 5.36. The van der Waals surface area contributed by atoms with Gasteiger partial charge in [-0.2, -0.15) is 0 Å². The predicted octanol–water partition coefficient (Wildman–Crippen LogP) is -0.466. The first kappa shape index (κ1) is 15.5. The average molecular weight is 290 g/mol. The molecule has 0 bridgehead atoms. The van der Waals surface area contributed by atoms with Crippen LogP contribution in [0.25, 0.3) is 0 Å². The summed E-state index contributed by atoms with van der Waals surface area (Å²) < 4.78 is 0. The summed E-state index contributed by atoms with van der Waals surface area (Å²) in [6, 6.07) is 9.43. The molecule has 21 heavy (non-hydrogen) atoms. The molecule has 1 aliphatic heterocycles. The van der Waals surface area contributed by atoms with Gasteiger partial charge in [-0.3, -0.25) is 14.5 Å². The summed E-state index contributed by atoms with van der Waals surface area (Å²) in [5.74, 6) is -0.730. The maximum atomic E-state index is 12.1. The highest BCUT2D eigenvalue weighted by Gasteiger charge is 2.26. The third-order valence-corrected chi connectivity index (χ3v) is 3.67. The van der Waals surface area contributed by atoms with Crippen LogP contribution >= 0.6 is 0 Å². The van der Waals surface area contributed by atoms with Gasteiger partial charge in [-0.05, 0) is 5.56 Å². The lowest BCUT2D eigenvalue weighted by Crippen LogP contribution is -2.53. The minimum absolute atomic E-state index is 0.0942. The number of hydrogen-bond donors (Lipinski definition) is 2. The van der Waals surface area contributed by atoms with Crippen LogP contribution in [0.15, 0.2) is 30.3 Å². The van der Waals surface area contributed by atoms with Crippen LogP contribution in [0.5, 0.6) is 0 Å². The number of primary amides is 1. The van der Waals surface area contributed by atoms with Crippen molar-refractivity contribution in [3.63, 3.8) is 0 Å². The summed E-state index contributed by atoms with van der Waals surface area (Å²) >= 11 is 0. The molecule has 1 heterocycles. The van der Waals surface area contributed by atoms with E-state index in [0.29, 0.717) is 13.1 Å². The van der Waals surface area contributed by atoms with Crippen LogP contribution in [-0.2, 0) is 16.1 Å². The average Bonchev–Trinajstić information content (AvgIpc) is 2.47. The smallest absolute Gasteiger partial charge is 0.240 e. The van der Waals surface area contributed by atoms with Gasteiger partial charge in [0.05, 0.1) is 12.5 Å². The van der Waals surface area contributed by atoms with Crippen molar-refractivity contribution >= 4 is 11.8 Å². The molecule has 1 saturated heterocycles. The lowest BCUT2D eigenvalue weighted by molar-refractivity contribution is -0.136. The molecule has 114 valence electrons. The Morgan fingerprint density at radius 2 is 1.71 bits per heavy atom. The van der Waals surface area contributed by atoms with Gasteiger partial charge in [-0.25, -0.2) is 0 Å². The van der Waals surface area contributed by atoms with Crippen molar-refractivity contribution in [2.75, 3.05) is 26.2 Å². The molecule has 0 unspecified atom stereocenters. The summed E-state index contributed by atoms with van der Waals surface area (Å²) in [4.78, 5) is 26.9. The normalized spacial score (nSPS) is 17.5. The highest BCUT2D eigenvalue weighted by Crippen LogP contribution is 2.09. The molecule has 6 heteroatoms. The number of benzene rings is 1. The minimum atomic E-state index is -0.817. The van der Waals surface area contributed by atoms with Crippen LogP contribution in [0.4, 0.5) is 0 Å². The van der Waals surface area contributed by atoms with Crippen molar-refractivity contribution in [2.45, 2.75) is 19.0 Å². The number of hydrogen-bond acceptors (Lipinski definition) is 4. The van der Waals surface area contributed by atoms with E-state index >= 15 is 0 Å². The van der Waals surface area contributed by atoms with E-state index in [9.17, 15) is 9.59 Å². The van der Waals surface area contributed by atoms with Crippen molar-refractivity contribution in [2.24, 2.45) is 11.5 Å². The SMILES string of the molecule is NC(=O)C[C@H](N)C(=O)N1CCN(Cc2ccccc2)CC1. The van der Waals surface area contributed by atoms with Crippen LogP contribution in [0.2, 0.25) is 0 Å². The fourth-order valence-corrected chi connectivity index (χ4v) is 2.51. The van der Waals surface area contributed by atoms with Crippen LogP contribution in [0, 0.1) is 0 Å². The van der Waals surface area contributed by atoms with Gasteiger partial charge in [0.2, 0.25) is 11.8 Å². The first-order valence-corrected chi connectivity index (χ1v) is 7.15. The third kappa shape index (κ3) is 4.54. The minimum Gasteiger partial charge on any atom is -0.370 e. The summed E-state index contributed by atoms with van der Waals surface area (Å²) in [5, 5.41) is 0. The van der Waals surface area contributed by atoms with E-state index in [4.69, 9.17) is 11.5 Å². The molecule has 1 aliphatic rings. The zero-order valence-corrected chi connectivity index (χ0v) is 12.1. The third-order valence-electron chi connectivity index (χ3n) is 3.67. The molecule has 0 aliphatic carbocycles. The molecule has 2 rings (SSSR count). The monoisotopic (exact) mass is 290 g/mol. The molecule has 4 N–H and O–H groups in total. The van der Waals surface area contributed by atoms with Gasteiger partial charge in [0.25, 0.3) is 0 Å². The quantitative estimate of drug-likeness (QED) is 0.767. The van der Waals surface area contributed by atoms with E-state index in [1.807, 2.05) is 18.2 Å². The molecule has 2 amide bonds. The molecule has 0 aromatic heterocycles. The van der Waals surface area contributed by atoms with E-state index in [2.05, 4.69) is 17.0 Å². The highest BCUT2D eigenvalue weighted by atomic mass is 16.2. The van der Waals surface area contributed by atoms with Crippen molar-refractivity contribution in [3.05, 3.63) is 35.9 Å². The lowest BCUT2D eigenvalue weighted by Gasteiger charge is -2.35. The Hall–Kier alpha value is -1.92. The number of nitrogens with two attached hydrogens (primary N) is 2. The first-order valence-electron chi connectivity index (χ1n) is 7.15. The zero-order valence-electron chi connectivity index (χ0n) is 12.1. The van der Waals surface area contributed by atoms with Gasteiger partial charge in [0.15, 0.2) is 0 Å². The summed E-state index contributed by atoms with van der Waals surface area (Å²) in [6.45, 7) is 3.78. The molecular weight excluding hydrogens is 268 g/mol. The van der Waals surface area contributed by atoms with Gasteiger partial charge >= 0.3 is 0 Å². The topological polar surface area (TPSA) is 92.7 Å². The summed E-state index contributed by atoms with van der Waals surface area (Å²) in [7, 11) is 0. The van der Waals surface area contributed by atoms with Crippen molar-refractivity contribution in [1.29, 1.82) is 0 Å². The first-order chi connectivity index (χ1) is 10.1. The number of piperazine rings is 1. The Kier molecular flexibility index (Phi) is 5.30. The van der Waals surface area contributed by atoms with E-state index in [0.717, 1.165) is 19.6 Å². The lowest BCUT2D eigenvalue weighted by atomic mass is 10.1. The molecule has 1 aromatic carbocycles. The van der Waals surface area contributed by atoms with E-state index in [1.165, 1.54) is 5.56 Å². The molecule has 0 saturated carbocycles. The van der Waals surface area contributed by atoms with Crippen molar-refractivity contribution < 1.29 is 9.59 Å². The van der Waals surface area contributed by atoms with Crippen LogP contribution in [0.1, 0.15) is 12.0 Å². The molecule has 1 aromatic rings. The van der Waals surface area contributed by atoms with Crippen molar-refractivity contribution in [3.8, 4) is 0 Å². The number of carbonyl (C=O) groups excluding carboxylic acids is 2. The maximum Gasteiger partial charge on any atom is 0.240 e. The molecule has 1 atom stereocenters. The standard InChI is InChI=1S/C15H22N4O2/c16-13(10-14(17)20)15(21)19-8-6-18(7-9-19)11-12-4-2-1-3-5-12/h1-5,13H,6-11,16H2,(H2,17,20)/t13-/m0/s1. The Morgan fingerprint density at radius 3 is 2.29 bits per heavy atom. The molecule has 0 spiro atoms. The van der Waals surface area contributed by atoms with Gasteiger partial charge in [-0.15, -0.1) is 0 Å². The summed E-state index contributed by atoms with van der Waals surface area (Å²) in [6.07, 6.45) is -0.0942. The van der Waals surface area contributed by atoms with Crippen LogP contribution in [-0.4, -0.2) is 53.8 Å². The van der Waals surface area contributed by atoms with Gasteiger partial charge in [0.1, 0.15) is 0 Å². The van der Waals surface area contributed by atoms with Gasteiger partial charge in [-0.1, -0.05) is 30.3 Å². The largest absolute Gasteiger partial charge is 0.370 e. The molecule has 1 fully saturated rings. The second kappa shape index (κ2) is 7.19. The van der Waals surface area contributed by atoms with Gasteiger partial charge < -0.3 is 16.4 Å². The van der Waals surface area contributed by atoms with E-state index in [1.54, 1.807) is 4.90 Å². The summed E-state index contributed by atoms with van der Waals surface area (Å²) in [5.41, 5.74) is 12.0. The molecular formula is C15H22N4O2. The van der Waals surface area contributed by atoms with Gasteiger partial charge in [0, 0.05) is 32.7 Å². The van der Waals surface area contributed by atoms with E-state index < -0.39 is 11.9 Å². The number of nitrogens with zero attached hydrogens (tertiary/aromatic N) is 2. The Morgan fingerprint density at radius 1 is 1.10 bits per heavy atom. The number of amides is 2. The predicted molar refractivity (Wildman–Crippen MR) is 80.1 cm³/mol.